The van der Waals surface area contributed by atoms with Crippen LogP contribution in [0, 0.1) is 11.6 Å². The number of rotatable bonds is 4. The predicted molar refractivity (Wildman–Crippen MR) is 107 cm³/mol. The number of urea groups is 1. The molecule has 1 saturated heterocycles. The maximum atomic E-state index is 13.8. The van der Waals surface area contributed by atoms with E-state index in [-0.39, 0.29) is 5.92 Å². The van der Waals surface area contributed by atoms with Crippen molar-refractivity contribution >= 4 is 29.2 Å². The number of likely N-dealkylation sites (tertiary alicyclic amines) is 1. The van der Waals surface area contributed by atoms with Gasteiger partial charge in [0.05, 0.1) is 11.4 Å². The van der Waals surface area contributed by atoms with Gasteiger partial charge in [-0.15, -0.1) is 0 Å². The zero-order valence-electron chi connectivity index (χ0n) is 16.0. The maximum absolute atomic E-state index is 13.8. The molecule has 1 fully saturated rings. The van der Waals surface area contributed by atoms with Crippen LogP contribution in [-0.4, -0.2) is 51.2 Å². The Hall–Kier alpha value is -2.75. The molecule has 0 unspecified atom stereocenters. The molecule has 0 atom stereocenters. The number of halogens is 2. The summed E-state index contributed by atoms with van der Waals surface area (Å²) < 4.78 is 27.5. The number of carbonyl (C=O) groups is 1. The average molecular weight is 421 g/mol. The molecule has 0 radical (unpaired) electrons. The first-order valence-corrected chi connectivity index (χ1v) is 10.3. The Morgan fingerprint density at radius 2 is 1.97 bits per heavy atom. The first kappa shape index (κ1) is 21.0. The molecular weight excluding hydrogens is 400 g/mol. The highest BCUT2D eigenvalue weighted by molar-refractivity contribution is 7.98. The molecule has 1 aromatic carbocycles. The van der Waals surface area contributed by atoms with Gasteiger partial charge in [-0.2, -0.15) is 0 Å². The molecule has 2 aromatic rings. The second-order valence-electron chi connectivity index (χ2n) is 6.63. The van der Waals surface area contributed by atoms with Crippen molar-refractivity contribution in [2.45, 2.75) is 30.8 Å². The second kappa shape index (κ2) is 9.17. The zero-order chi connectivity index (χ0) is 21.0. The number of oxime groups is 1. The normalized spacial score (nSPS) is 15.4. The Bertz CT molecular complexity index is 913. The van der Waals surface area contributed by atoms with Crippen molar-refractivity contribution in [1.29, 1.82) is 0 Å². The molecule has 2 heterocycles. The van der Waals surface area contributed by atoms with E-state index >= 15 is 0 Å². The van der Waals surface area contributed by atoms with Crippen LogP contribution in [0.15, 0.2) is 34.7 Å². The third kappa shape index (κ3) is 4.64. The highest BCUT2D eigenvalue weighted by Gasteiger charge is 2.28. The van der Waals surface area contributed by atoms with Gasteiger partial charge in [-0.05, 0) is 38.2 Å². The number of benzene rings is 1. The number of thioether (sulfide) groups is 1. The largest absolute Gasteiger partial charge is 0.411 e. The van der Waals surface area contributed by atoms with Crippen molar-refractivity contribution in [2.24, 2.45) is 5.16 Å². The van der Waals surface area contributed by atoms with E-state index in [1.807, 2.05) is 6.26 Å². The van der Waals surface area contributed by atoms with Crippen molar-refractivity contribution < 1.29 is 18.8 Å². The van der Waals surface area contributed by atoms with Crippen LogP contribution < -0.4 is 5.32 Å². The molecule has 0 bridgehead atoms. The van der Waals surface area contributed by atoms with E-state index in [0.29, 0.717) is 42.4 Å². The van der Waals surface area contributed by atoms with Gasteiger partial charge in [-0.3, -0.25) is 0 Å². The molecule has 29 heavy (non-hydrogen) atoms. The van der Waals surface area contributed by atoms with E-state index in [1.165, 1.54) is 22.7 Å². The Kier molecular flexibility index (Phi) is 6.63. The SMILES string of the molecule is CSc1ncc(C(C)=NO)c(C2CCN(C(=O)Nc3c(F)cccc3F)CC2)n1. The number of aromatic nitrogens is 2. The predicted octanol–water partition coefficient (Wildman–Crippen LogP) is 4.09. The summed E-state index contributed by atoms with van der Waals surface area (Å²) in [5.74, 6) is -1.59. The van der Waals surface area contributed by atoms with Gasteiger partial charge in [0.1, 0.15) is 17.3 Å². The molecule has 0 aliphatic carbocycles. The van der Waals surface area contributed by atoms with E-state index in [4.69, 9.17) is 5.21 Å². The molecule has 3 rings (SSSR count). The van der Waals surface area contributed by atoms with Gasteiger partial charge in [0.15, 0.2) is 5.16 Å². The lowest BCUT2D eigenvalue weighted by atomic mass is 9.90. The van der Waals surface area contributed by atoms with Crippen LogP contribution in [-0.2, 0) is 0 Å². The molecule has 7 nitrogen and oxygen atoms in total. The summed E-state index contributed by atoms with van der Waals surface area (Å²) >= 11 is 1.41. The summed E-state index contributed by atoms with van der Waals surface area (Å²) in [5.41, 5.74) is 1.42. The van der Waals surface area contributed by atoms with Crippen molar-refractivity contribution in [3.05, 3.63) is 47.3 Å². The Morgan fingerprint density at radius 1 is 1.31 bits per heavy atom. The average Bonchev–Trinajstić information content (AvgIpc) is 2.75. The number of anilines is 1. The molecular formula is C19H21F2N5O2S. The monoisotopic (exact) mass is 421 g/mol. The third-order valence-corrected chi connectivity index (χ3v) is 5.44. The standard InChI is InChI=1S/C19H21F2N5O2S/c1-11(25-28)13-10-22-18(29-2)23-16(13)12-6-8-26(9-7-12)19(27)24-17-14(20)4-3-5-15(17)21/h3-5,10,12,28H,6-9H2,1-2H3,(H,24,27). The Morgan fingerprint density at radius 3 is 2.55 bits per heavy atom. The van der Waals surface area contributed by atoms with E-state index in [0.717, 1.165) is 17.8 Å². The highest BCUT2D eigenvalue weighted by atomic mass is 32.2. The van der Waals surface area contributed by atoms with Crippen LogP contribution >= 0.6 is 11.8 Å². The fourth-order valence-corrected chi connectivity index (χ4v) is 3.63. The van der Waals surface area contributed by atoms with Gasteiger partial charge < -0.3 is 15.4 Å². The fraction of sp³-hybridized carbons (Fsp3) is 0.368. The Labute approximate surface area is 171 Å². The lowest BCUT2D eigenvalue weighted by Gasteiger charge is -2.32. The number of amides is 2. The number of carbonyl (C=O) groups excluding carboxylic acids is 1. The van der Waals surface area contributed by atoms with Gasteiger partial charge in [0.2, 0.25) is 0 Å². The lowest BCUT2D eigenvalue weighted by molar-refractivity contribution is 0.193. The highest BCUT2D eigenvalue weighted by Crippen LogP contribution is 2.31. The summed E-state index contributed by atoms with van der Waals surface area (Å²) in [6.45, 7) is 2.48. The number of nitrogens with zero attached hydrogens (tertiary/aromatic N) is 4. The first-order chi connectivity index (χ1) is 13.9. The first-order valence-electron chi connectivity index (χ1n) is 9.04. The van der Waals surface area contributed by atoms with Crippen LogP contribution in [0.4, 0.5) is 19.3 Å². The number of para-hydroxylation sites is 1. The van der Waals surface area contributed by atoms with Gasteiger partial charge >= 0.3 is 6.03 Å². The zero-order valence-corrected chi connectivity index (χ0v) is 16.8. The maximum Gasteiger partial charge on any atom is 0.322 e. The fourth-order valence-electron chi connectivity index (χ4n) is 3.28. The van der Waals surface area contributed by atoms with E-state index in [1.54, 1.807) is 13.1 Å². The molecule has 0 spiro atoms. The summed E-state index contributed by atoms with van der Waals surface area (Å²) in [7, 11) is 0. The summed E-state index contributed by atoms with van der Waals surface area (Å²) in [6.07, 6.45) is 4.75. The van der Waals surface area contributed by atoms with Crippen LogP contribution in [0.1, 0.15) is 36.9 Å². The molecule has 1 aliphatic rings. The Balaban J connectivity index is 1.71. The van der Waals surface area contributed by atoms with Gasteiger partial charge in [0.25, 0.3) is 0 Å². The molecule has 154 valence electrons. The van der Waals surface area contributed by atoms with Crippen LogP contribution in [0.5, 0.6) is 0 Å². The van der Waals surface area contributed by atoms with Crippen LogP contribution in [0.3, 0.4) is 0 Å². The smallest absolute Gasteiger partial charge is 0.322 e. The molecule has 2 amide bonds. The lowest BCUT2D eigenvalue weighted by Crippen LogP contribution is -2.41. The van der Waals surface area contributed by atoms with Crippen molar-refractivity contribution in [2.75, 3.05) is 24.7 Å². The van der Waals surface area contributed by atoms with E-state index in [9.17, 15) is 13.6 Å². The van der Waals surface area contributed by atoms with Crippen molar-refractivity contribution in [3.8, 4) is 0 Å². The number of hydrogen-bond donors (Lipinski definition) is 2. The van der Waals surface area contributed by atoms with E-state index in [2.05, 4.69) is 20.4 Å². The number of piperidine rings is 1. The van der Waals surface area contributed by atoms with Crippen LogP contribution in [0.2, 0.25) is 0 Å². The van der Waals surface area contributed by atoms with Gasteiger partial charge in [-0.25, -0.2) is 23.5 Å². The van der Waals surface area contributed by atoms with Crippen molar-refractivity contribution in [3.63, 3.8) is 0 Å². The number of hydrogen-bond acceptors (Lipinski definition) is 6. The molecule has 0 saturated carbocycles. The topological polar surface area (TPSA) is 90.7 Å². The van der Waals surface area contributed by atoms with Crippen LogP contribution in [0.25, 0.3) is 0 Å². The van der Waals surface area contributed by atoms with E-state index < -0.39 is 23.4 Å². The molecule has 1 aromatic heterocycles. The minimum absolute atomic E-state index is 0.0462. The minimum atomic E-state index is -0.817. The quantitative estimate of drug-likeness (QED) is 0.255. The molecule has 10 heteroatoms. The van der Waals surface area contributed by atoms with Gasteiger partial charge in [0, 0.05) is 30.8 Å². The summed E-state index contributed by atoms with van der Waals surface area (Å²) in [5, 5.41) is 15.3. The second-order valence-corrected chi connectivity index (χ2v) is 7.40. The van der Waals surface area contributed by atoms with Gasteiger partial charge in [-0.1, -0.05) is 23.0 Å². The van der Waals surface area contributed by atoms with Crippen molar-refractivity contribution in [1.82, 2.24) is 14.9 Å². The summed E-state index contributed by atoms with van der Waals surface area (Å²) in [6, 6.07) is 2.88. The third-order valence-electron chi connectivity index (χ3n) is 4.88. The molecule has 2 N–H and O–H groups in total. The summed E-state index contributed by atoms with van der Waals surface area (Å²) in [4.78, 5) is 22.8. The molecule has 1 aliphatic heterocycles. The minimum Gasteiger partial charge on any atom is -0.411 e. The number of nitrogens with one attached hydrogen (secondary N) is 1.